The van der Waals surface area contributed by atoms with Crippen LogP contribution in [-0.2, 0) is 9.59 Å². The van der Waals surface area contributed by atoms with E-state index in [0.717, 1.165) is 25.9 Å². The molecule has 98 valence electrons. The van der Waals surface area contributed by atoms with Gasteiger partial charge in [-0.3, -0.25) is 9.59 Å². The zero-order valence-corrected chi connectivity index (χ0v) is 11.5. The molecule has 2 rings (SSSR count). The van der Waals surface area contributed by atoms with Crippen LogP contribution in [0.4, 0.5) is 0 Å². The van der Waals surface area contributed by atoms with Crippen LogP contribution in [0, 0.1) is 5.41 Å². The largest absolute Gasteiger partial charge is 0.368 e. The number of likely N-dealkylation sites (tertiary alicyclic amines) is 1. The van der Waals surface area contributed by atoms with Gasteiger partial charge in [-0.05, 0) is 30.8 Å². The Labute approximate surface area is 109 Å². The minimum absolute atomic E-state index is 0.0114. The number of rotatable bonds is 1. The third kappa shape index (κ3) is 2.55. The molecule has 0 aromatic rings. The molecule has 3 heteroatoms. The normalized spacial score (nSPS) is 21.8. The average molecular weight is 247 g/mol. The monoisotopic (exact) mass is 247 g/mol. The molecule has 0 saturated carbocycles. The molecule has 1 saturated heterocycles. The van der Waals surface area contributed by atoms with Gasteiger partial charge in [0, 0.05) is 24.7 Å². The molecule has 0 aromatic heterocycles. The third-order valence-electron chi connectivity index (χ3n) is 3.57. The van der Waals surface area contributed by atoms with Crippen LogP contribution in [0.5, 0.6) is 0 Å². The summed E-state index contributed by atoms with van der Waals surface area (Å²) in [4.78, 5) is 26.3. The number of ketones is 2. The van der Waals surface area contributed by atoms with Gasteiger partial charge in [0.25, 0.3) is 0 Å². The van der Waals surface area contributed by atoms with Gasteiger partial charge in [0.1, 0.15) is 0 Å². The van der Waals surface area contributed by atoms with Crippen molar-refractivity contribution in [3.05, 3.63) is 23.4 Å². The molecular weight excluding hydrogens is 226 g/mol. The fraction of sp³-hybridized carbons (Fsp3) is 0.600. The topological polar surface area (TPSA) is 37.4 Å². The highest BCUT2D eigenvalue weighted by Crippen LogP contribution is 2.30. The van der Waals surface area contributed by atoms with Gasteiger partial charge in [-0.1, -0.05) is 20.8 Å². The van der Waals surface area contributed by atoms with Crippen molar-refractivity contribution in [3.63, 3.8) is 0 Å². The highest BCUT2D eigenvalue weighted by molar-refractivity contribution is 6.20. The molecule has 2 aliphatic rings. The molecule has 0 bridgehead atoms. The molecule has 1 heterocycles. The third-order valence-corrected chi connectivity index (χ3v) is 3.57. The summed E-state index contributed by atoms with van der Waals surface area (Å²) >= 11 is 0. The molecule has 1 fully saturated rings. The number of hydrogen-bond donors (Lipinski definition) is 0. The van der Waals surface area contributed by atoms with E-state index in [1.54, 1.807) is 0 Å². The fourth-order valence-electron chi connectivity index (χ4n) is 2.52. The predicted molar refractivity (Wildman–Crippen MR) is 71.1 cm³/mol. The Morgan fingerprint density at radius 1 is 0.944 bits per heavy atom. The van der Waals surface area contributed by atoms with Crippen molar-refractivity contribution in [3.8, 4) is 0 Å². The smallest absolute Gasteiger partial charge is 0.202 e. The van der Waals surface area contributed by atoms with Gasteiger partial charge in [0.05, 0.1) is 5.70 Å². The second kappa shape index (κ2) is 4.71. The van der Waals surface area contributed by atoms with Gasteiger partial charge in [-0.25, -0.2) is 0 Å². The summed E-state index contributed by atoms with van der Waals surface area (Å²) in [5, 5.41) is 0. The van der Waals surface area contributed by atoms with E-state index in [4.69, 9.17) is 0 Å². The Kier molecular flexibility index (Phi) is 3.42. The van der Waals surface area contributed by atoms with E-state index in [1.165, 1.54) is 18.6 Å². The summed E-state index contributed by atoms with van der Waals surface area (Å²) < 4.78 is 0. The van der Waals surface area contributed by atoms with Crippen LogP contribution in [0.25, 0.3) is 0 Å². The summed E-state index contributed by atoms with van der Waals surface area (Å²) in [6.45, 7) is 7.67. The molecule has 1 aliphatic carbocycles. The lowest BCUT2D eigenvalue weighted by Crippen LogP contribution is -2.35. The molecule has 0 N–H and O–H groups in total. The molecule has 0 unspecified atom stereocenters. The molecule has 1 aliphatic heterocycles. The Morgan fingerprint density at radius 3 is 2.11 bits per heavy atom. The first-order valence-corrected chi connectivity index (χ1v) is 6.67. The number of carbonyl (C=O) groups excluding carboxylic acids is 2. The molecule has 18 heavy (non-hydrogen) atoms. The summed E-state index contributed by atoms with van der Waals surface area (Å²) in [7, 11) is 0. The molecule has 0 radical (unpaired) electrons. The molecular formula is C15H21NO2. The zero-order valence-electron chi connectivity index (χ0n) is 11.5. The second-order valence-corrected chi connectivity index (χ2v) is 6.11. The lowest BCUT2D eigenvalue weighted by atomic mass is 9.80. The van der Waals surface area contributed by atoms with Crippen molar-refractivity contribution >= 4 is 11.6 Å². The van der Waals surface area contributed by atoms with Gasteiger partial charge in [-0.2, -0.15) is 0 Å². The van der Waals surface area contributed by atoms with E-state index in [2.05, 4.69) is 4.90 Å². The minimum Gasteiger partial charge on any atom is -0.368 e. The molecule has 0 amide bonds. The van der Waals surface area contributed by atoms with Crippen LogP contribution in [0.2, 0.25) is 0 Å². The SMILES string of the molecule is CC(C)(C)C1=CC(=O)C(N2CCCCC2)=CC1=O. The fourth-order valence-corrected chi connectivity index (χ4v) is 2.52. The lowest BCUT2D eigenvalue weighted by molar-refractivity contribution is -0.117. The van der Waals surface area contributed by atoms with Crippen LogP contribution >= 0.6 is 0 Å². The number of hydrogen-bond acceptors (Lipinski definition) is 3. The zero-order chi connectivity index (χ0) is 13.3. The van der Waals surface area contributed by atoms with Gasteiger partial charge < -0.3 is 4.90 Å². The van der Waals surface area contributed by atoms with E-state index >= 15 is 0 Å². The number of nitrogens with zero attached hydrogens (tertiary/aromatic N) is 1. The van der Waals surface area contributed by atoms with Crippen molar-refractivity contribution in [2.75, 3.05) is 13.1 Å². The quantitative estimate of drug-likeness (QED) is 0.668. The van der Waals surface area contributed by atoms with Crippen LogP contribution in [0.1, 0.15) is 40.0 Å². The predicted octanol–water partition coefficient (Wildman–Crippen LogP) is 2.48. The first kappa shape index (κ1) is 13.1. The summed E-state index contributed by atoms with van der Waals surface area (Å²) in [6, 6.07) is 0. The van der Waals surface area contributed by atoms with Crippen LogP contribution < -0.4 is 0 Å². The average Bonchev–Trinajstić information content (AvgIpc) is 2.31. The van der Waals surface area contributed by atoms with Crippen molar-refractivity contribution in [2.24, 2.45) is 5.41 Å². The number of allylic oxidation sites excluding steroid dienone is 3. The van der Waals surface area contributed by atoms with Crippen molar-refractivity contribution in [2.45, 2.75) is 40.0 Å². The Hall–Kier alpha value is -1.38. The maximum Gasteiger partial charge on any atom is 0.202 e. The lowest BCUT2D eigenvalue weighted by Gasteiger charge is -2.32. The van der Waals surface area contributed by atoms with Crippen LogP contribution in [0.3, 0.4) is 0 Å². The van der Waals surface area contributed by atoms with E-state index in [9.17, 15) is 9.59 Å². The maximum absolute atomic E-state index is 12.2. The van der Waals surface area contributed by atoms with Crippen LogP contribution in [-0.4, -0.2) is 29.6 Å². The summed E-state index contributed by atoms with van der Waals surface area (Å²) in [5.74, 6) is -0.0240. The Morgan fingerprint density at radius 2 is 1.56 bits per heavy atom. The van der Waals surface area contributed by atoms with E-state index in [0.29, 0.717) is 11.3 Å². The second-order valence-electron chi connectivity index (χ2n) is 6.11. The highest BCUT2D eigenvalue weighted by Gasteiger charge is 2.30. The first-order chi connectivity index (χ1) is 8.39. The van der Waals surface area contributed by atoms with E-state index in [1.807, 2.05) is 20.8 Å². The minimum atomic E-state index is -0.267. The molecule has 3 nitrogen and oxygen atoms in total. The summed E-state index contributed by atoms with van der Waals surface area (Å²) in [6.07, 6.45) is 6.50. The molecule has 0 spiro atoms. The first-order valence-electron chi connectivity index (χ1n) is 6.67. The van der Waals surface area contributed by atoms with Gasteiger partial charge >= 0.3 is 0 Å². The van der Waals surface area contributed by atoms with Crippen molar-refractivity contribution in [1.82, 2.24) is 4.90 Å². The van der Waals surface area contributed by atoms with E-state index in [-0.39, 0.29) is 17.0 Å². The van der Waals surface area contributed by atoms with Crippen LogP contribution in [0.15, 0.2) is 23.4 Å². The molecule has 0 atom stereocenters. The maximum atomic E-state index is 12.2. The summed E-state index contributed by atoms with van der Waals surface area (Å²) in [5.41, 5.74) is 0.942. The van der Waals surface area contributed by atoms with Crippen molar-refractivity contribution in [1.29, 1.82) is 0 Å². The number of piperidine rings is 1. The Bertz CT molecular complexity index is 432. The van der Waals surface area contributed by atoms with Gasteiger partial charge in [0.2, 0.25) is 5.78 Å². The Balaban J connectivity index is 2.22. The van der Waals surface area contributed by atoms with Gasteiger partial charge in [-0.15, -0.1) is 0 Å². The molecule has 0 aromatic carbocycles. The van der Waals surface area contributed by atoms with Gasteiger partial charge in [0.15, 0.2) is 5.78 Å². The highest BCUT2D eigenvalue weighted by atomic mass is 16.1. The standard InChI is InChI=1S/C15H21NO2/c1-15(2,3)11-9-14(18)12(10-13(11)17)16-7-5-4-6-8-16/h9-10H,4-8H2,1-3H3. The van der Waals surface area contributed by atoms with E-state index < -0.39 is 0 Å². The van der Waals surface area contributed by atoms with Crippen molar-refractivity contribution < 1.29 is 9.59 Å². The number of carbonyl (C=O) groups is 2.